The molecule has 1 aromatic rings. The van der Waals surface area contributed by atoms with Crippen molar-refractivity contribution in [3.8, 4) is 5.75 Å². The molecule has 0 radical (unpaired) electrons. The van der Waals surface area contributed by atoms with Crippen LogP contribution in [0.15, 0.2) is 27.4 Å². The number of ether oxygens (including phenoxy) is 1. The minimum atomic E-state index is -0.599. The Kier molecular flexibility index (Phi) is 4.19. The van der Waals surface area contributed by atoms with Gasteiger partial charge in [0, 0.05) is 12.0 Å². The summed E-state index contributed by atoms with van der Waals surface area (Å²) in [4.78, 5) is 23.1. The lowest BCUT2D eigenvalue weighted by Crippen LogP contribution is -2.31. The quantitative estimate of drug-likeness (QED) is 0.633. The highest BCUT2D eigenvalue weighted by Gasteiger charge is 2.38. The molecule has 1 heterocycles. The van der Waals surface area contributed by atoms with Crippen LogP contribution < -0.4 is 10.4 Å². The van der Waals surface area contributed by atoms with Crippen LogP contribution in [0.4, 0.5) is 0 Å². The van der Waals surface area contributed by atoms with E-state index in [1.807, 2.05) is 0 Å². The lowest BCUT2D eigenvalue weighted by molar-refractivity contribution is 0.111. The molecule has 2 aliphatic rings. The fourth-order valence-corrected chi connectivity index (χ4v) is 4.11. The predicted octanol–water partition coefficient (Wildman–Crippen LogP) is 3.56. The molecule has 0 amide bonds. The number of hydrogen-bond donors (Lipinski definition) is 0. The van der Waals surface area contributed by atoms with Crippen LogP contribution in [-0.4, -0.2) is 13.4 Å². The fourth-order valence-electron chi connectivity index (χ4n) is 4.11. The molecule has 0 bridgehead atoms. The summed E-state index contributed by atoms with van der Waals surface area (Å²) in [6.07, 6.45) is 9.93. The second-order valence-electron chi connectivity index (χ2n) is 6.42. The van der Waals surface area contributed by atoms with E-state index < -0.39 is 5.63 Å². The van der Waals surface area contributed by atoms with Gasteiger partial charge in [-0.05, 0) is 30.6 Å². The number of aldehydes is 1. The maximum absolute atomic E-state index is 12.1. The number of carbonyl (C=O) groups excluding carboxylic acids is 1. The Balaban J connectivity index is 2.05. The largest absolute Gasteiger partial charge is 0.496 e. The van der Waals surface area contributed by atoms with Gasteiger partial charge < -0.3 is 9.15 Å². The molecule has 22 heavy (non-hydrogen) atoms. The first-order valence-corrected chi connectivity index (χ1v) is 8.01. The van der Waals surface area contributed by atoms with Gasteiger partial charge in [-0.25, -0.2) is 4.79 Å². The molecule has 0 aliphatic heterocycles. The minimum Gasteiger partial charge on any atom is -0.496 e. The monoisotopic (exact) mass is 302 g/mol. The molecular weight excluding hydrogens is 280 g/mol. The first kappa shape index (κ1) is 15.1. The van der Waals surface area contributed by atoms with Crippen molar-refractivity contribution in [2.75, 3.05) is 7.11 Å². The van der Waals surface area contributed by atoms with Crippen LogP contribution in [0.3, 0.4) is 0 Å². The van der Waals surface area contributed by atoms with E-state index >= 15 is 0 Å². The van der Waals surface area contributed by atoms with Crippen molar-refractivity contribution in [3.63, 3.8) is 0 Å². The Hall–Kier alpha value is -1.84. The summed E-state index contributed by atoms with van der Waals surface area (Å²) in [5.41, 5.74) is -0.635. The van der Waals surface area contributed by atoms with Gasteiger partial charge in [-0.15, -0.1) is 0 Å². The maximum atomic E-state index is 12.1. The van der Waals surface area contributed by atoms with Gasteiger partial charge in [0.1, 0.15) is 17.1 Å². The molecule has 2 aliphatic carbocycles. The number of carbonyl (C=O) groups is 1. The molecule has 3 rings (SSSR count). The Morgan fingerprint density at radius 2 is 2.05 bits per heavy atom. The third kappa shape index (κ3) is 2.51. The topological polar surface area (TPSA) is 56.5 Å². The van der Waals surface area contributed by atoms with E-state index in [2.05, 4.69) is 19.1 Å². The van der Waals surface area contributed by atoms with Crippen molar-refractivity contribution in [3.05, 3.63) is 40.0 Å². The van der Waals surface area contributed by atoms with Crippen LogP contribution in [0.1, 0.15) is 54.6 Å². The van der Waals surface area contributed by atoms with Gasteiger partial charge in [-0.1, -0.05) is 31.9 Å². The number of allylic oxidation sites excluding steroid dienone is 2. The van der Waals surface area contributed by atoms with Crippen molar-refractivity contribution < 1.29 is 13.9 Å². The molecule has 4 nitrogen and oxygen atoms in total. The third-order valence-electron chi connectivity index (χ3n) is 5.20. The van der Waals surface area contributed by atoms with Gasteiger partial charge in [-0.2, -0.15) is 0 Å². The summed E-state index contributed by atoms with van der Waals surface area (Å²) in [6.45, 7) is 2.16. The number of fused-ring (bicyclic) bond motifs is 1. The average molecular weight is 302 g/mol. The van der Waals surface area contributed by atoms with Crippen LogP contribution in [0.2, 0.25) is 0 Å². The number of hydrogen-bond acceptors (Lipinski definition) is 4. The number of rotatable bonds is 3. The SMILES string of the molecule is COc1cc([C@H]2[C@H]3CCCC[C@@H]3C=C[C@H]2C)oc(=O)c1C=O. The lowest BCUT2D eigenvalue weighted by atomic mass is 9.64. The van der Waals surface area contributed by atoms with E-state index in [-0.39, 0.29) is 11.5 Å². The zero-order valence-corrected chi connectivity index (χ0v) is 13.1. The van der Waals surface area contributed by atoms with Crippen LogP contribution in [0.25, 0.3) is 0 Å². The second kappa shape index (κ2) is 6.11. The highest BCUT2D eigenvalue weighted by molar-refractivity contribution is 5.78. The summed E-state index contributed by atoms with van der Waals surface area (Å²) in [5.74, 6) is 2.53. The Morgan fingerprint density at radius 3 is 2.77 bits per heavy atom. The van der Waals surface area contributed by atoms with Crippen LogP contribution >= 0.6 is 0 Å². The smallest absolute Gasteiger partial charge is 0.350 e. The van der Waals surface area contributed by atoms with Gasteiger partial charge in [0.15, 0.2) is 6.29 Å². The summed E-state index contributed by atoms with van der Waals surface area (Å²) >= 11 is 0. The fraction of sp³-hybridized carbons (Fsp3) is 0.556. The summed E-state index contributed by atoms with van der Waals surface area (Å²) < 4.78 is 10.7. The van der Waals surface area contributed by atoms with Crippen molar-refractivity contribution >= 4 is 6.29 Å². The van der Waals surface area contributed by atoms with Crippen molar-refractivity contribution in [1.29, 1.82) is 0 Å². The van der Waals surface area contributed by atoms with E-state index in [0.717, 1.165) is 6.42 Å². The summed E-state index contributed by atoms with van der Waals surface area (Å²) in [6, 6.07) is 1.73. The van der Waals surface area contributed by atoms with E-state index in [0.29, 0.717) is 35.5 Å². The van der Waals surface area contributed by atoms with Gasteiger partial charge in [0.05, 0.1) is 7.11 Å². The molecule has 1 aromatic heterocycles. The lowest BCUT2D eigenvalue weighted by Gasteiger charge is -2.40. The zero-order valence-electron chi connectivity index (χ0n) is 13.1. The molecule has 0 spiro atoms. The predicted molar refractivity (Wildman–Crippen MR) is 83.4 cm³/mol. The Bertz CT molecular complexity index is 643. The highest BCUT2D eigenvalue weighted by atomic mass is 16.5. The first-order chi connectivity index (χ1) is 10.7. The molecule has 4 heteroatoms. The molecular formula is C18H22O4. The van der Waals surface area contributed by atoms with Crippen LogP contribution in [0.5, 0.6) is 5.75 Å². The summed E-state index contributed by atoms with van der Waals surface area (Å²) in [5, 5.41) is 0. The number of methoxy groups -OCH3 is 1. The first-order valence-electron chi connectivity index (χ1n) is 8.01. The molecule has 0 aromatic carbocycles. The highest BCUT2D eigenvalue weighted by Crippen LogP contribution is 2.48. The zero-order chi connectivity index (χ0) is 15.7. The van der Waals surface area contributed by atoms with E-state index in [1.54, 1.807) is 6.07 Å². The Labute approximate surface area is 130 Å². The summed E-state index contributed by atoms with van der Waals surface area (Å²) in [7, 11) is 1.47. The van der Waals surface area contributed by atoms with Crippen molar-refractivity contribution in [2.24, 2.45) is 17.8 Å². The van der Waals surface area contributed by atoms with Gasteiger partial charge in [0.2, 0.25) is 0 Å². The second-order valence-corrected chi connectivity index (χ2v) is 6.42. The van der Waals surface area contributed by atoms with Gasteiger partial charge in [-0.3, -0.25) is 4.79 Å². The molecule has 0 saturated heterocycles. The van der Waals surface area contributed by atoms with Gasteiger partial charge in [0.25, 0.3) is 0 Å². The molecule has 4 atom stereocenters. The van der Waals surface area contributed by atoms with Crippen molar-refractivity contribution in [2.45, 2.75) is 38.5 Å². The normalized spacial score (nSPS) is 30.6. The maximum Gasteiger partial charge on any atom is 0.350 e. The molecule has 1 fully saturated rings. The third-order valence-corrected chi connectivity index (χ3v) is 5.20. The van der Waals surface area contributed by atoms with Crippen LogP contribution in [0, 0.1) is 17.8 Å². The molecule has 0 unspecified atom stereocenters. The molecule has 0 N–H and O–H groups in total. The average Bonchev–Trinajstić information content (AvgIpc) is 2.53. The van der Waals surface area contributed by atoms with E-state index in [1.165, 1.54) is 26.4 Å². The molecule has 1 saturated carbocycles. The standard InChI is InChI=1S/C18H22O4/c1-11-7-8-12-5-3-4-6-13(12)17(11)16-9-15(21-2)14(10-19)18(20)22-16/h7-13,17H,3-6H2,1-2H3/t11-,12-,13+,17-/m1/s1. The van der Waals surface area contributed by atoms with E-state index in [9.17, 15) is 9.59 Å². The van der Waals surface area contributed by atoms with Gasteiger partial charge >= 0.3 is 5.63 Å². The minimum absolute atomic E-state index is 0.0366. The molecule has 118 valence electrons. The van der Waals surface area contributed by atoms with Crippen molar-refractivity contribution in [1.82, 2.24) is 0 Å². The van der Waals surface area contributed by atoms with Crippen LogP contribution in [-0.2, 0) is 0 Å². The van der Waals surface area contributed by atoms with E-state index in [4.69, 9.17) is 9.15 Å². The Morgan fingerprint density at radius 1 is 1.27 bits per heavy atom.